The van der Waals surface area contributed by atoms with Gasteiger partial charge in [0, 0.05) is 0 Å². The van der Waals surface area contributed by atoms with Crippen LogP contribution in [0.1, 0.15) is 22.0 Å². The van der Waals surface area contributed by atoms with Crippen LogP contribution in [0.25, 0.3) is 0 Å². The summed E-state index contributed by atoms with van der Waals surface area (Å²) in [6.45, 7) is 0. The van der Waals surface area contributed by atoms with Gasteiger partial charge in [0.05, 0.1) is 18.7 Å². The molecule has 1 aromatic carbocycles. The molecule has 0 saturated heterocycles. The first-order valence-corrected chi connectivity index (χ1v) is 4.73. The smallest absolute Gasteiger partial charge is 0.337 e. The second-order valence-electron chi connectivity index (χ2n) is 3.21. The zero-order valence-electron chi connectivity index (χ0n) is 9.04. The molecule has 0 fully saturated rings. The largest absolute Gasteiger partial charge is 0.465 e. The first kappa shape index (κ1) is 12.6. The summed E-state index contributed by atoms with van der Waals surface area (Å²) in [6.07, 6.45) is -2.49. The van der Waals surface area contributed by atoms with Crippen molar-refractivity contribution in [2.24, 2.45) is 0 Å². The number of hydrogen-bond donors (Lipinski definition) is 1. The highest BCUT2D eigenvalue weighted by molar-refractivity contribution is 5.89. The van der Waals surface area contributed by atoms with Crippen molar-refractivity contribution < 1.29 is 18.3 Å². The van der Waals surface area contributed by atoms with E-state index in [0.717, 1.165) is 0 Å². The molecule has 0 heterocycles. The van der Waals surface area contributed by atoms with Crippen molar-refractivity contribution in [3.8, 4) is 0 Å². The van der Waals surface area contributed by atoms with Gasteiger partial charge in [0.15, 0.2) is 0 Å². The van der Waals surface area contributed by atoms with Crippen molar-refractivity contribution in [2.75, 3.05) is 14.2 Å². The molecular weight excluding hydrogens is 216 g/mol. The van der Waals surface area contributed by atoms with Gasteiger partial charge in [-0.2, -0.15) is 0 Å². The summed E-state index contributed by atoms with van der Waals surface area (Å²) in [7, 11) is 2.73. The molecule has 16 heavy (non-hydrogen) atoms. The zero-order chi connectivity index (χ0) is 12.1. The van der Waals surface area contributed by atoms with Crippen LogP contribution in [-0.4, -0.2) is 26.6 Å². The third-order valence-electron chi connectivity index (χ3n) is 2.25. The molecule has 5 heteroatoms. The highest BCUT2D eigenvalue weighted by atomic mass is 19.3. The fourth-order valence-corrected chi connectivity index (χ4v) is 1.38. The summed E-state index contributed by atoms with van der Waals surface area (Å²) in [4.78, 5) is 11.1. The van der Waals surface area contributed by atoms with Crippen LogP contribution >= 0.6 is 0 Å². The Balaban J connectivity index is 2.89. The van der Waals surface area contributed by atoms with E-state index >= 15 is 0 Å². The maximum atomic E-state index is 12.6. The van der Waals surface area contributed by atoms with Crippen molar-refractivity contribution in [2.45, 2.75) is 12.5 Å². The van der Waals surface area contributed by atoms with Gasteiger partial charge >= 0.3 is 5.97 Å². The molecule has 0 amide bonds. The standard InChI is InChI=1S/C11H13F2NO2/c1-14-9(10(12)13)7-3-5-8(6-4-7)11(15)16-2/h3-6,9-10,14H,1-2H3. The third-order valence-corrected chi connectivity index (χ3v) is 2.25. The van der Waals surface area contributed by atoms with Crippen LogP contribution in [0.4, 0.5) is 8.78 Å². The minimum Gasteiger partial charge on any atom is -0.465 e. The van der Waals surface area contributed by atoms with E-state index in [9.17, 15) is 13.6 Å². The number of hydrogen-bond acceptors (Lipinski definition) is 3. The number of nitrogens with one attached hydrogen (secondary N) is 1. The van der Waals surface area contributed by atoms with Crippen LogP contribution in [0.3, 0.4) is 0 Å². The second-order valence-corrected chi connectivity index (χ2v) is 3.21. The van der Waals surface area contributed by atoms with E-state index in [2.05, 4.69) is 10.1 Å². The Morgan fingerprint density at radius 3 is 2.25 bits per heavy atom. The molecule has 0 aromatic heterocycles. The summed E-state index contributed by atoms with van der Waals surface area (Å²) in [5.41, 5.74) is 0.778. The number of carbonyl (C=O) groups is 1. The summed E-state index contributed by atoms with van der Waals surface area (Å²) in [5.74, 6) is -0.482. The summed E-state index contributed by atoms with van der Waals surface area (Å²) < 4.78 is 29.6. The van der Waals surface area contributed by atoms with Gasteiger partial charge in [-0.15, -0.1) is 0 Å². The number of ether oxygens (including phenoxy) is 1. The first-order chi connectivity index (χ1) is 7.60. The summed E-state index contributed by atoms with van der Waals surface area (Å²) >= 11 is 0. The van der Waals surface area contributed by atoms with Gasteiger partial charge in [-0.3, -0.25) is 0 Å². The number of benzene rings is 1. The molecule has 1 N–H and O–H groups in total. The fourth-order valence-electron chi connectivity index (χ4n) is 1.38. The van der Waals surface area contributed by atoms with Crippen LogP contribution in [0, 0.1) is 0 Å². The predicted molar refractivity (Wildman–Crippen MR) is 55.6 cm³/mol. The van der Waals surface area contributed by atoms with E-state index in [1.54, 1.807) is 0 Å². The molecule has 0 radical (unpaired) electrons. The lowest BCUT2D eigenvalue weighted by molar-refractivity contribution is 0.0600. The van der Waals surface area contributed by atoms with Crippen molar-refractivity contribution in [1.29, 1.82) is 0 Å². The molecule has 3 nitrogen and oxygen atoms in total. The molecular formula is C11H13F2NO2. The highest BCUT2D eigenvalue weighted by Crippen LogP contribution is 2.20. The lowest BCUT2D eigenvalue weighted by Gasteiger charge is -2.15. The molecule has 88 valence electrons. The van der Waals surface area contributed by atoms with Crippen LogP contribution in [-0.2, 0) is 4.74 Å². The lowest BCUT2D eigenvalue weighted by atomic mass is 10.1. The topological polar surface area (TPSA) is 38.3 Å². The Morgan fingerprint density at radius 1 is 1.31 bits per heavy atom. The molecule has 0 aliphatic carbocycles. The van der Waals surface area contributed by atoms with Crippen molar-refractivity contribution >= 4 is 5.97 Å². The molecule has 0 saturated carbocycles. The van der Waals surface area contributed by atoms with Crippen LogP contribution in [0.2, 0.25) is 0 Å². The van der Waals surface area contributed by atoms with E-state index in [-0.39, 0.29) is 0 Å². The quantitative estimate of drug-likeness (QED) is 0.802. The van der Waals surface area contributed by atoms with E-state index in [1.165, 1.54) is 38.4 Å². The van der Waals surface area contributed by atoms with Gasteiger partial charge in [0.25, 0.3) is 6.43 Å². The predicted octanol–water partition coefficient (Wildman–Crippen LogP) is 2.00. The van der Waals surface area contributed by atoms with Crippen LogP contribution in [0.5, 0.6) is 0 Å². The van der Waals surface area contributed by atoms with E-state index in [0.29, 0.717) is 11.1 Å². The van der Waals surface area contributed by atoms with Gasteiger partial charge in [-0.25, -0.2) is 13.6 Å². The molecule has 0 aliphatic rings. The van der Waals surface area contributed by atoms with E-state index in [1.807, 2.05) is 0 Å². The van der Waals surface area contributed by atoms with Gasteiger partial charge in [-0.05, 0) is 24.7 Å². The van der Waals surface area contributed by atoms with Crippen LogP contribution in [0.15, 0.2) is 24.3 Å². The maximum absolute atomic E-state index is 12.6. The molecule has 0 spiro atoms. The number of alkyl halides is 2. The van der Waals surface area contributed by atoms with E-state index in [4.69, 9.17) is 0 Å². The van der Waals surface area contributed by atoms with E-state index < -0.39 is 18.4 Å². The average Bonchev–Trinajstić information content (AvgIpc) is 2.29. The lowest BCUT2D eigenvalue weighted by Crippen LogP contribution is -2.23. The molecule has 1 atom stereocenters. The van der Waals surface area contributed by atoms with Crippen LogP contribution < -0.4 is 5.32 Å². The SMILES string of the molecule is CNC(c1ccc(C(=O)OC)cc1)C(F)F. The normalized spacial score (nSPS) is 12.6. The monoisotopic (exact) mass is 229 g/mol. The Morgan fingerprint density at radius 2 is 1.88 bits per heavy atom. The summed E-state index contributed by atoms with van der Waals surface area (Å²) in [5, 5.41) is 2.51. The number of halogens is 2. The van der Waals surface area contributed by atoms with Gasteiger partial charge in [0.1, 0.15) is 0 Å². The highest BCUT2D eigenvalue weighted by Gasteiger charge is 2.20. The average molecular weight is 229 g/mol. The summed E-state index contributed by atoms with van der Waals surface area (Å²) in [6, 6.07) is 4.88. The number of methoxy groups -OCH3 is 1. The minimum atomic E-state index is -2.49. The molecule has 1 aromatic rings. The zero-order valence-corrected chi connectivity index (χ0v) is 9.04. The molecule has 1 unspecified atom stereocenters. The number of esters is 1. The first-order valence-electron chi connectivity index (χ1n) is 4.73. The van der Waals surface area contributed by atoms with Gasteiger partial charge in [0.2, 0.25) is 0 Å². The van der Waals surface area contributed by atoms with Gasteiger partial charge in [-0.1, -0.05) is 12.1 Å². The second kappa shape index (κ2) is 5.55. The van der Waals surface area contributed by atoms with Gasteiger partial charge < -0.3 is 10.1 Å². The molecule has 0 aliphatic heterocycles. The minimum absolute atomic E-state index is 0.343. The number of carbonyl (C=O) groups excluding carboxylic acids is 1. The Kier molecular flexibility index (Phi) is 4.37. The Hall–Kier alpha value is -1.49. The maximum Gasteiger partial charge on any atom is 0.337 e. The molecule has 0 bridgehead atoms. The molecule has 1 rings (SSSR count). The van der Waals surface area contributed by atoms with Crippen molar-refractivity contribution in [3.05, 3.63) is 35.4 Å². The third kappa shape index (κ3) is 2.76. The van der Waals surface area contributed by atoms with Crippen molar-refractivity contribution in [1.82, 2.24) is 5.32 Å². The Labute approximate surface area is 92.4 Å². The van der Waals surface area contributed by atoms with Crippen molar-refractivity contribution in [3.63, 3.8) is 0 Å². The Bertz CT molecular complexity index is 352. The number of rotatable bonds is 4. The fraction of sp³-hybridized carbons (Fsp3) is 0.364.